The van der Waals surface area contributed by atoms with Gasteiger partial charge in [0.05, 0.1) is 17.9 Å². The minimum Gasteiger partial charge on any atom is -0.550 e. The van der Waals surface area contributed by atoms with Crippen LogP contribution in [0, 0.1) is 71.2 Å². The van der Waals surface area contributed by atoms with Gasteiger partial charge >= 0.3 is 71.2 Å². The second-order valence-electron chi connectivity index (χ2n) is 5.85. The normalized spacial score (nSPS) is 11.1. The molecule has 3 atom stereocenters. The third-order valence-electron chi connectivity index (χ3n) is 2.89. The molecule has 36 heavy (non-hydrogen) atoms. The number of nitrogens with two attached hydrogens (primary N) is 4. The number of aliphatic carboxylic acids is 6. The summed E-state index contributed by atoms with van der Waals surface area (Å²) in [4.78, 5) is 58.8. The van der Waals surface area contributed by atoms with E-state index in [1.54, 1.807) is 0 Å². The molecule has 0 aromatic carbocycles. The number of thiocarbonyl (C=S) groups is 1. The Morgan fingerprint density at radius 3 is 0.806 bits per heavy atom. The van der Waals surface area contributed by atoms with E-state index >= 15 is 0 Å². The van der Waals surface area contributed by atoms with Gasteiger partial charge in [0, 0.05) is 36.0 Å². The molecule has 3 unspecified atom stereocenters. The molecule has 8 N–H and O–H groups in total. The molecule has 0 rings (SSSR count). The fourth-order valence-electron chi connectivity index (χ4n) is 1.17. The summed E-state index contributed by atoms with van der Waals surface area (Å²) in [6.07, 6.45) is -1.50. The first-order chi connectivity index (χ1) is 15.3. The molecule has 0 radical (unpaired) electrons. The number of thiol groups is 1. The van der Waals surface area contributed by atoms with Gasteiger partial charge in [-0.25, -0.2) is 0 Å². The topological polar surface area (TPSA) is 345 Å². The van der Waals surface area contributed by atoms with Crippen molar-refractivity contribution in [2.45, 2.75) is 56.7 Å². The van der Waals surface area contributed by atoms with Crippen molar-refractivity contribution in [2.24, 2.45) is 22.9 Å². The van der Waals surface area contributed by atoms with E-state index in [-0.39, 0.29) is 114 Å². The smallest absolute Gasteiger partial charge is 0.550 e. The van der Waals surface area contributed by atoms with Gasteiger partial charge in [-0.15, -0.1) is 12.6 Å². The van der Waals surface area contributed by atoms with Crippen LogP contribution in [-0.4, -0.2) is 58.3 Å². The van der Waals surface area contributed by atoms with E-state index in [2.05, 4.69) is 24.8 Å². The fourth-order valence-corrected chi connectivity index (χ4v) is 1.17. The molecule has 0 saturated carbocycles. The number of hydrogen-bond donors (Lipinski definition) is 5. The van der Waals surface area contributed by atoms with Crippen molar-refractivity contribution in [3.8, 4) is 0 Å². The molecule has 0 aromatic heterocycles. The van der Waals surface area contributed by atoms with E-state index in [4.69, 9.17) is 22.9 Å². The Bertz CT molecular complexity index is 619. The van der Waals surface area contributed by atoms with Crippen molar-refractivity contribution in [2.75, 3.05) is 0 Å². The maximum absolute atomic E-state index is 9.86. The Kier molecular flexibility index (Phi) is 41.1. The van der Waals surface area contributed by atoms with Crippen molar-refractivity contribution in [3.05, 3.63) is 0 Å². The molecule has 20 heteroatoms. The summed E-state index contributed by atoms with van der Waals surface area (Å²) in [6, 6.07) is -3.63. The zero-order valence-corrected chi connectivity index (χ0v) is 27.7. The molecule has 0 heterocycles. The predicted octanol–water partition coefficient (Wildman–Crippen LogP) is -10.1. The average Bonchev–Trinajstić information content (AvgIpc) is 2.68. The third-order valence-corrected chi connectivity index (χ3v) is 2.89. The van der Waals surface area contributed by atoms with Gasteiger partial charge in [-0.05, 0) is 38.5 Å². The van der Waals surface area contributed by atoms with Gasteiger partial charge in [0.1, 0.15) is 4.32 Å². The molecule has 0 aromatic rings. The van der Waals surface area contributed by atoms with Crippen LogP contribution in [0.25, 0.3) is 0 Å². The molecule has 16 nitrogen and oxygen atoms in total. The molecule has 0 aliphatic heterocycles. The Balaban J connectivity index is -0.0000000849. The van der Waals surface area contributed by atoms with Crippen LogP contribution in [0.1, 0.15) is 38.5 Å². The summed E-state index contributed by atoms with van der Waals surface area (Å²) in [6.45, 7) is 0. The van der Waals surface area contributed by atoms with Crippen LogP contribution in [0.2, 0.25) is 0 Å². The molecular formula is C16H24La2N4O12S2. The standard InChI is InChI=1S/3C5H9NO4.CH3NS2.2La/c3*6-3(5(9)10)1-2-4(7)8;2-1(3)4;;/h3*3H,1-2,6H2,(H,7,8)(H,9,10);(H3,2,3,4);;/q;;;;2*+3/p-6. The molecule has 0 amide bonds. The second-order valence-corrected chi connectivity index (χ2v) is 7.07. The predicted molar refractivity (Wildman–Crippen MR) is 107 cm³/mol. The quantitative estimate of drug-likeness (QED) is 0.0903. The molecule has 0 fully saturated rings. The summed E-state index contributed by atoms with van der Waals surface area (Å²) < 4.78 is 0.194. The maximum atomic E-state index is 9.86. The van der Waals surface area contributed by atoms with Crippen LogP contribution in [0.3, 0.4) is 0 Å². The van der Waals surface area contributed by atoms with Gasteiger partial charge in [0.15, 0.2) is 0 Å². The number of carboxylic acid groups (broad SMARTS) is 6. The minimum absolute atomic E-state index is 0. The summed E-state index contributed by atoms with van der Waals surface area (Å²) in [5, 5.41) is 58.8. The second kappa shape index (κ2) is 30.6. The SMILES string of the molecule is NC(=S)S.NC(CCC(=O)[O-])C(=O)[O-].NC(CCC(=O)[O-])C(=O)[O-].NC(CCC(=O)[O-])C(=O)[O-].[La+3].[La+3]. The zero-order valence-electron chi connectivity index (χ0n) is 18.7. The first-order valence-corrected chi connectivity index (χ1v) is 9.67. The molecule has 0 aliphatic carbocycles. The Morgan fingerprint density at radius 2 is 0.722 bits per heavy atom. The van der Waals surface area contributed by atoms with Crippen LogP contribution < -0.4 is 53.6 Å². The third kappa shape index (κ3) is 50.3. The van der Waals surface area contributed by atoms with E-state index < -0.39 is 53.9 Å². The van der Waals surface area contributed by atoms with Crippen LogP contribution in [-0.2, 0) is 28.8 Å². The summed E-state index contributed by atoms with van der Waals surface area (Å²) in [5.74, 6) is -8.26. The number of rotatable bonds is 12. The maximum Gasteiger partial charge on any atom is 3.00 e. The van der Waals surface area contributed by atoms with Crippen molar-refractivity contribution < 1.29 is 131 Å². The van der Waals surface area contributed by atoms with Gasteiger partial charge in [-0.1, -0.05) is 12.2 Å². The first kappa shape index (κ1) is 48.4. The fraction of sp³-hybridized carbons (Fsp3) is 0.562. The van der Waals surface area contributed by atoms with E-state index in [0.29, 0.717) is 0 Å². The van der Waals surface area contributed by atoms with Crippen LogP contribution in [0.15, 0.2) is 0 Å². The summed E-state index contributed by atoms with van der Waals surface area (Å²) in [7, 11) is 0. The van der Waals surface area contributed by atoms with Crippen LogP contribution in [0.5, 0.6) is 0 Å². The van der Waals surface area contributed by atoms with Crippen LogP contribution >= 0.6 is 24.8 Å². The molecule has 0 bridgehead atoms. The van der Waals surface area contributed by atoms with E-state index in [9.17, 15) is 59.4 Å². The van der Waals surface area contributed by atoms with Gasteiger partial charge in [0.25, 0.3) is 0 Å². The van der Waals surface area contributed by atoms with E-state index in [0.717, 1.165) is 0 Å². The molecule has 0 aliphatic rings. The molecule has 0 saturated heterocycles. The number of carbonyl (C=O) groups is 6. The Labute approximate surface area is 272 Å². The van der Waals surface area contributed by atoms with Crippen molar-refractivity contribution in [1.82, 2.24) is 0 Å². The van der Waals surface area contributed by atoms with Gasteiger partial charge in [-0.3, -0.25) is 0 Å². The molecular weight excluding hydrogens is 782 g/mol. The van der Waals surface area contributed by atoms with Crippen LogP contribution in [0.4, 0.5) is 0 Å². The Hall–Kier alpha value is -0.670. The number of carbonyl (C=O) groups excluding carboxylic acids is 6. The Morgan fingerprint density at radius 1 is 0.583 bits per heavy atom. The summed E-state index contributed by atoms with van der Waals surface area (Å²) in [5.41, 5.74) is 19.4. The number of hydrogen-bond acceptors (Lipinski definition) is 16. The molecule has 0 spiro atoms. The monoisotopic (exact) mass is 806 g/mol. The van der Waals surface area contributed by atoms with Gasteiger partial charge in [0.2, 0.25) is 0 Å². The van der Waals surface area contributed by atoms with Crippen molar-refractivity contribution in [3.63, 3.8) is 0 Å². The first-order valence-electron chi connectivity index (χ1n) is 8.82. The summed E-state index contributed by atoms with van der Waals surface area (Å²) >= 11 is 7.65. The van der Waals surface area contributed by atoms with E-state index in [1.165, 1.54) is 0 Å². The minimum atomic E-state index is -1.44. The van der Waals surface area contributed by atoms with E-state index in [1.807, 2.05) is 0 Å². The zero-order chi connectivity index (χ0) is 28.0. The van der Waals surface area contributed by atoms with Gasteiger partial charge in [-0.2, -0.15) is 0 Å². The number of carboxylic acids is 6. The van der Waals surface area contributed by atoms with Crippen molar-refractivity contribution in [1.29, 1.82) is 0 Å². The van der Waals surface area contributed by atoms with Gasteiger partial charge < -0.3 is 82.3 Å². The average molecular weight is 806 g/mol. The van der Waals surface area contributed by atoms with Crippen molar-refractivity contribution >= 4 is 65.0 Å². The largest absolute Gasteiger partial charge is 3.00 e. The molecule has 198 valence electrons.